The lowest BCUT2D eigenvalue weighted by molar-refractivity contribution is 0.549. The van der Waals surface area contributed by atoms with Crippen LogP contribution in [-0.4, -0.2) is 15.8 Å². The minimum atomic E-state index is -0.0433. The standard InChI is InChI=1S/C17H16N2OS/c1-12(13-8-4-3-5-9-13)19-16(20)14-10-6-7-11-15(14)18-17(19)21-2/h3-12H,1-2H3/t12-/m0/s1. The molecule has 0 spiro atoms. The van der Waals surface area contributed by atoms with Gasteiger partial charge < -0.3 is 0 Å². The highest BCUT2D eigenvalue weighted by molar-refractivity contribution is 7.98. The third kappa shape index (κ3) is 2.47. The molecule has 3 aromatic rings. The number of rotatable bonds is 3. The van der Waals surface area contributed by atoms with Gasteiger partial charge in [0.15, 0.2) is 5.16 Å². The van der Waals surface area contributed by atoms with Crippen LogP contribution >= 0.6 is 11.8 Å². The zero-order chi connectivity index (χ0) is 14.8. The maximum absolute atomic E-state index is 12.8. The number of hydrogen-bond acceptors (Lipinski definition) is 3. The van der Waals surface area contributed by atoms with E-state index in [2.05, 4.69) is 4.98 Å². The van der Waals surface area contributed by atoms with Crippen LogP contribution in [0.1, 0.15) is 18.5 Å². The van der Waals surface area contributed by atoms with Gasteiger partial charge in [0.25, 0.3) is 5.56 Å². The van der Waals surface area contributed by atoms with E-state index in [0.29, 0.717) is 5.39 Å². The smallest absolute Gasteiger partial charge is 0.262 e. The van der Waals surface area contributed by atoms with Crippen molar-refractivity contribution in [2.45, 2.75) is 18.1 Å². The molecule has 0 amide bonds. The molecule has 0 radical (unpaired) electrons. The van der Waals surface area contributed by atoms with Gasteiger partial charge in [-0.05, 0) is 30.9 Å². The third-order valence-electron chi connectivity index (χ3n) is 3.63. The van der Waals surface area contributed by atoms with Crippen LogP contribution in [-0.2, 0) is 0 Å². The lowest BCUT2D eigenvalue weighted by Crippen LogP contribution is -2.26. The Hall–Kier alpha value is -2.07. The summed E-state index contributed by atoms with van der Waals surface area (Å²) >= 11 is 1.50. The highest BCUT2D eigenvalue weighted by atomic mass is 32.2. The zero-order valence-corrected chi connectivity index (χ0v) is 12.8. The minimum absolute atomic E-state index is 0.0151. The molecule has 0 aliphatic heterocycles. The normalized spacial score (nSPS) is 12.5. The first-order valence-electron chi connectivity index (χ1n) is 6.82. The molecule has 3 rings (SSSR count). The Morgan fingerprint density at radius 3 is 2.43 bits per heavy atom. The summed E-state index contributed by atoms with van der Waals surface area (Å²) in [5, 5.41) is 1.41. The molecule has 0 unspecified atom stereocenters. The van der Waals surface area contributed by atoms with Crippen molar-refractivity contribution < 1.29 is 0 Å². The summed E-state index contributed by atoms with van der Waals surface area (Å²) in [6.45, 7) is 2.03. The van der Waals surface area contributed by atoms with E-state index in [1.807, 2.05) is 67.8 Å². The van der Waals surface area contributed by atoms with E-state index in [4.69, 9.17) is 0 Å². The number of fused-ring (bicyclic) bond motifs is 1. The number of para-hydroxylation sites is 1. The lowest BCUT2D eigenvalue weighted by atomic mass is 10.1. The molecule has 0 aliphatic rings. The van der Waals surface area contributed by atoms with Crippen LogP contribution in [0.25, 0.3) is 10.9 Å². The molecule has 0 saturated carbocycles. The van der Waals surface area contributed by atoms with Gasteiger partial charge in [-0.3, -0.25) is 9.36 Å². The molecule has 2 aromatic carbocycles. The molecule has 21 heavy (non-hydrogen) atoms. The first kappa shape index (κ1) is 13.9. The van der Waals surface area contributed by atoms with Crippen molar-refractivity contribution in [2.24, 2.45) is 0 Å². The van der Waals surface area contributed by atoms with Crippen LogP contribution in [0.5, 0.6) is 0 Å². The van der Waals surface area contributed by atoms with Gasteiger partial charge in [0.2, 0.25) is 0 Å². The fourth-order valence-electron chi connectivity index (χ4n) is 2.49. The maximum atomic E-state index is 12.8. The number of hydrogen-bond donors (Lipinski definition) is 0. The summed E-state index contributed by atoms with van der Waals surface area (Å²) in [6, 6.07) is 17.5. The lowest BCUT2D eigenvalue weighted by Gasteiger charge is -2.19. The molecule has 1 aromatic heterocycles. The summed E-state index contributed by atoms with van der Waals surface area (Å²) in [5.74, 6) is 0. The number of aromatic nitrogens is 2. The van der Waals surface area contributed by atoms with E-state index in [1.54, 1.807) is 4.57 Å². The van der Waals surface area contributed by atoms with Gasteiger partial charge in [-0.25, -0.2) is 4.98 Å². The van der Waals surface area contributed by atoms with Crippen LogP contribution in [0.4, 0.5) is 0 Å². The molecule has 4 heteroatoms. The molecular weight excluding hydrogens is 280 g/mol. The quantitative estimate of drug-likeness (QED) is 0.545. The molecule has 1 heterocycles. The second kappa shape index (κ2) is 5.74. The molecule has 0 saturated heterocycles. The van der Waals surface area contributed by atoms with Crippen molar-refractivity contribution in [3.05, 3.63) is 70.5 Å². The van der Waals surface area contributed by atoms with E-state index >= 15 is 0 Å². The van der Waals surface area contributed by atoms with Crippen LogP contribution in [0, 0.1) is 0 Å². The van der Waals surface area contributed by atoms with Gasteiger partial charge >= 0.3 is 0 Å². The Morgan fingerprint density at radius 1 is 1.05 bits per heavy atom. The number of nitrogens with zero attached hydrogens (tertiary/aromatic N) is 2. The molecular formula is C17H16N2OS. The Bertz CT molecular complexity index is 827. The Kier molecular flexibility index (Phi) is 3.80. The molecule has 0 fully saturated rings. The van der Waals surface area contributed by atoms with E-state index in [-0.39, 0.29) is 11.6 Å². The maximum Gasteiger partial charge on any atom is 0.262 e. The summed E-state index contributed by atoms with van der Waals surface area (Å²) in [7, 11) is 0. The molecule has 0 aliphatic carbocycles. The van der Waals surface area contributed by atoms with Crippen molar-refractivity contribution in [3.8, 4) is 0 Å². The Morgan fingerprint density at radius 2 is 1.71 bits per heavy atom. The van der Waals surface area contributed by atoms with Crippen molar-refractivity contribution >= 4 is 22.7 Å². The monoisotopic (exact) mass is 296 g/mol. The average molecular weight is 296 g/mol. The second-order valence-corrected chi connectivity index (χ2v) is 5.65. The summed E-state index contributed by atoms with van der Waals surface area (Å²) in [4.78, 5) is 17.5. The van der Waals surface area contributed by atoms with Crippen molar-refractivity contribution in [1.82, 2.24) is 9.55 Å². The largest absolute Gasteiger partial charge is 0.280 e. The molecule has 106 valence electrons. The van der Waals surface area contributed by atoms with Crippen LogP contribution < -0.4 is 5.56 Å². The SMILES string of the molecule is CSc1nc2ccccc2c(=O)n1[C@@H](C)c1ccccc1. The molecule has 0 N–H and O–H groups in total. The van der Waals surface area contributed by atoms with Crippen LogP contribution in [0.2, 0.25) is 0 Å². The van der Waals surface area contributed by atoms with Crippen molar-refractivity contribution in [2.75, 3.05) is 6.26 Å². The van der Waals surface area contributed by atoms with E-state index in [0.717, 1.165) is 16.2 Å². The molecule has 3 nitrogen and oxygen atoms in total. The number of thioether (sulfide) groups is 1. The van der Waals surface area contributed by atoms with E-state index < -0.39 is 0 Å². The average Bonchev–Trinajstić information content (AvgIpc) is 2.55. The topological polar surface area (TPSA) is 34.9 Å². The van der Waals surface area contributed by atoms with Gasteiger partial charge in [0, 0.05) is 0 Å². The highest BCUT2D eigenvalue weighted by Crippen LogP contribution is 2.23. The highest BCUT2D eigenvalue weighted by Gasteiger charge is 2.16. The van der Waals surface area contributed by atoms with Crippen LogP contribution in [0.3, 0.4) is 0 Å². The fraction of sp³-hybridized carbons (Fsp3) is 0.176. The van der Waals surface area contributed by atoms with Crippen LogP contribution in [0.15, 0.2) is 64.5 Å². The summed E-state index contributed by atoms with van der Waals surface area (Å²) in [6.07, 6.45) is 1.95. The van der Waals surface area contributed by atoms with Gasteiger partial charge in [-0.2, -0.15) is 0 Å². The molecule has 0 bridgehead atoms. The predicted molar refractivity (Wildman–Crippen MR) is 88.0 cm³/mol. The van der Waals surface area contributed by atoms with E-state index in [9.17, 15) is 4.79 Å². The predicted octanol–water partition coefficient (Wildman–Crippen LogP) is 3.73. The van der Waals surface area contributed by atoms with Gasteiger partial charge in [-0.1, -0.05) is 54.2 Å². The second-order valence-electron chi connectivity index (χ2n) is 4.88. The van der Waals surface area contributed by atoms with Gasteiger partial charge in [0.1, 0.15) is 0 Å². The minimum Gasteiger partial charge on any atom is -0.280 e. The summed E-state index contributed by atoms with van der Waals surface area (Å²) in [5.41, 5.74) is 1.87. The Balaban J connectivity index is 2.26. The first-order valence-corrected chi connectivity index (χ1v) is 8.05. The van der Waals surface area contributed by atoms with Crippen molar-refractivity contribution in [1.29, 1.82) is 0 Å². The third-order valence-corrected chi connectivity index (χ3v) is 4.28. The fourth-order valence-corrected chi connectivity index (χ4v) is 3.12. The summed E-state index contributed by atoms with van der Waals surface area (Å²) < 4.78 is 1.78. The molecule has 1 atom stereocenters. The van der Waals surface area contributed by atoms with Crippen molar-refractivity contribution in [3.63, 3.8) is 0 Å². The van der Waals surface area contributed by atoms with Gasteiger partial charge in [0.05, 0.1) is 16.9 Å². The Labute approximate surface area is 127 Å². The van der Waals surface area contributed by atoms with Gasteiger partial charge in [-0.15, -0.1) is 0 Å². The zero-order valence-electron chi connectivity index (χ0n) is 12.0. The number of benzene rings is 2. The van der Waals surface area contributed by atoms with E-state index in [1.165, 1.54) is 11.8 Å². The first-order chi connectivity index (χ1) is 10.2.